The number of hydrogen-bond donors (Lipinski definition) is 1. The molecule has 1 aromatic heterocycles. The molecule has 4 rings (SSSR count). The Kier molecular flexibility index (Phi) is 5.47. The predicted octanol–water partition coefficient (Wildman–Crippen LogP) is 4.67. The molecule has 29 heavy (non-hydrogen) atoms. The van der Waals surface area contributed by atoms with Gasteiger partial charge in [0.25, 0.3) is 5.91 Å². The number of halogens is 1. The Bertz CT molecular complexity index is 1110. The maximum Gasteiger partial charge on any atom is 0.252 e. The molecule has 5 heteroatoms. The summed E-state index contributed by atoms with van der Waals surface area (Å²) in [5, 5.41) is 7.03. The van der Waals surface area contributed by atoms with Crippen LogP contribution < -0.4 is 5.32 Å². The van der Waals surface area contributed by atoms with Crippen LogP contribution in [0.3, 0.4) is 0 Å². The molecule has 0 aliphatic rings. The number of nitrogens with zero attached hydrogens (tertiary/aromatic N) is 2. The van der Waals surface area contributed by atoms with Gasteiger partial charge in [-0.3, -0.25) is 9.48 Å². The largest absolute Gasteiger partial charge is 0.348 e. The van der Waals surface area contributed by atoms with E-state index in [4.69, 9.17) is 0 Å². The molecule has 0 bridgehead atoms. The molecule has 0 aliphatic carbocycles. The zero-order chi connectivity index (χ0) is 20.1. The summed E-state index contributed by atoms with van der Waals surface area (Å²) in [6.07, 6.45) is 3.67. The van der Waals surface area contributed by atoms with E-state index in [0.29, 0.717) is 17.7 Å². The molecule has 4 nitrogen and oxygen atoms in total. The molecule has 0 atom stereocenters. The maximum atomic E-state index is 13.8. The lowest BCUT2D eigenvalue weighted by molar-refractivity contribution is 0.0951. The summed E-state index contributed by atoms with van der Waals surface area (Å²) >= 11 is 0. The third-order valence-electron chi connectivity index (χ3n) is 4.74. The van der Waals surface area contributed by atoms with Crippen molar-refractivity contribution in [3.63, 3.8) is 0 Å². The van der Waals surface area contributed by atoms with Crippen LogP contribution in [-0.4, -0.2) is 15.7 Å². The fourth-order valence-electron chi connectivity index (χ4n) is 3.22. The summed E-state index contributed by atoms with van der Waals surface area (Å²) in [5.74, 6) is -0.557. The van der Waals surface area contributed by atoms with Gasteiger partial charge in [-0.15, -0.1) is 0 Å². The fraction of sp³-hybridized carbons (Fsp3) is 0.0833. The summed E-state index contributed by atoms with van der Waals surface area (Å²) in [7, 11) is 0. The average Bonchev–Trinajstić information content (AvgIpc) is 3.27. The van der Waals surface area contributed by atoms with Crippen LogP contribution in [0.1, 0.15) is 21.5 Å². The Balaban J connectivity index is 1.51. The summed E-state index contributed by atoms with van der Waals surface area (Å²) in [5.41, 5.74) is 3.93. The van der Waals surface area contributed by atoms with Crippen molar-refractivity contribution in [2.45, 2.75) is 13.1 Å². The second kappa shape index (κ2) is 8.52. The van der Waals surface area contributed by atoms with E-state index >= 15 is 0 Å². The highest BCUT2D eigenvalue weighted by Crippen LogP contribution is 2.24. The van der Waals surface area contributed by atoms with Crippen LogP contribution in [0.25, 0.3) is 11.1 Å². The van der Waals surface area contributed by atoms with Crippen LogP contribution in [0.15, 0.2) is 91.3 Å². The van der Waals surface area contributed by atoms with Crippen LogP contribution in [-0.2, 0) is 13.1 Å². The summed E-state index contributed by atoms with van der Waals surface area (Å²) in [4.78, 5) is 12.8. The molecule has 1 heterocycles. The van der Waals surface area contributed by atoms with Crippen LogP contribution in [0.5, 0.6) is 0 Å². The van der Waals surface area contributed by atoms with Gasteiger partial charge in [-0.05, 0) is 34.9 Å². The first kappa shape index (κ1) is 18.6. The van der Waals surface area contributed by atoms with Crippen LogP contribution in [0.2, 0.25) is 0 Å². The monoisotopic (exact) mass is 385 g/mol. The number of aromatic nitrogens is 2. The average molecular weight is 385 g/mol. The molecule has 144 valence electrons. The molecular weight excluding hydrogens is 365 g/mol. The van der Waals surface area contributed by atoms with E-state index in [2.05, 4.69) is 10.4 Å². The fourth-order valence-corrected chi connectivity index (χ4v) is 3.22. The van der Waals surface area contributed by atoms with Gasteiger partial charge in [0.2, 0.25) is 0 Å². The molecule has 0 aliphatic heterocycles. The van der Waals surface area contributed by atoms with Crippen LogP contribution in [0.4, 0.5) is 4.39 Å². The maximum absolute atomic E-state index is 13.8. The zero-order valence-electron chi connectivity index (χ0n) is 15.8. The third-order valence-corrected chi connectivity index (χ3v) is 4.74. The normalized spacial score (nSPS) is 10.7. The Morgan fingerprint density at radius 1 is 0.931 bits per heavy atom. The molecule has 1 amide bonds. The van der Waals surface area contributed by atoms with E-state index < -0.39 is 0 Å². The quantitative estimate of drug-likeness (QED) is 0.524. The van der Waals surface area contributed by atoms with Gasteiger partial charge < -0.3 is 5.32 Å². The van der Waals surface area contributed by atoms with E-state index in [1.807, 2.05) is 59.4 Å². The minimum absolute atomic E-state index is 0.142. The number of nitrogens with one attached hydrogen (secondary N) is 1. The van der Waals surface area contributed by atoms with Crippen molar-refractivity contribution in [1.82, 2.24) is 15.1 Å². The second-order valence-electron chi connectivity index (χ2n) is 6.72. The molecule has 0 unspecified atom stereocenters. The highest BCUT2D eigenvalue weighted by atomic mass is 19.1. The Morgan fingerprint density at radius 2 is 1.69 bits per heavy atom. The number of carbonyl (C=O) groups is 1. The third kappa shape index (κ3) is 4.41. The highest BCUT2D eigenvalue weighted by molar-refractivity contribution is 6.00. The van der Waals surface area contributed by atoms with Crippen LogP contribution in [0, 0.1) is 5.82 Å². The lowest BCUT2D eigenvalue weighted by Gasteiger charge is -2.11. The van der Waals surface area contributed by atoms with Gasteiger partial charge in [0.15, 0.2) is 0 Å². The van der Waals surface area contributed by atoms with E-state index in [0.717, 1.165) is 16.7 Å². The lowest BCUT2D eigenvalue weighted by Crippen LogP contribution is -2.23. The summed E-state index contributed by atoms with van der Waals surface area (Å²) < 4.78 is 15.7. The molecular formula is C24H20FN3O. The Labute approximate surface area is 168 Å². The summed E-state index contributed by atoms with van der Waals surface area (Å²) in [6.45, 7) is 0.834. The SMILES string of the molecule is O=C(NCc1ccccc1F)c1ccccc1-c1ccc(Cn2cccn2)cc1. The van der Waals surface area contributed by atoms with Crippen molar-refractivity contribution in [2.24, 2.45) is 0 Å². The van der Waals surface area contributed by atoms with E-state index in [-0.39, 0.29) is 18.3 Å². The summed E-state index contributed by atoms with van der Waals surface area (Å²) in [6, 6.07) is 23.8. The first-order valence-corrected chi connectivity index (χ1v) is 9.38. The molecule has 0 radical (unpaired) electrons. The Hall–Kier alpha value is -3.73. The molecule has 0 saturated heterocycles. The first-order valence-electron chi connectivity index (χ1n) is 9.38. The van der Waals surface area contributed by atoms with Gasteiger partial charge in [0.1, 0.15) is 5.82 Å². The van der Waals surface area contributed by atoms with Gasteiger partial charge in [0, 0.05) is 30.1 Å². The highest BCUT2D eigenvalue weighted by Gasteiger charge is 2.13. The molecule has 1 N–H and O–H groups in total. The zero-order valence-corrected chi connectivity index (χ0v) is 15.8. The van der Waals surface area contributed by atoms with E-state index in [9.17, 15) is 9.18 Å². The van der Waals surface area contributed by atoms with E-state index in [1.165, 1.54) is 6.07 Å². The number of rotatable bonds is 6. The minimum atomic E-state index is -0.325. The molecule has 0 saturated carbocycles. The van der Waals surface area contributed by atoms with Crippen molar-refractivity contribution in [2.75, 3.05) is 0 Å². The topological polar surface area (TPSA) is 46.9 Å². The Morgan fingerprint density at radius 3 is 2.45 bits per heavy atom. The molecule has 0 spiro atoms. The van der Waals surface area contributed by atoms with Gasteiger partial charge in [-0.2, -0.15) is 5.10 Å². The number of carbonyl (C=O) groups excluding carboxylic acids is 1. The van der Waals surface area contributed by atoms with Gasteiger partial charge in [0.05, 0.1) is 6.54 Å². The van der Waals surface area contributed by atoms with Crippen molar-refractivity contribution < 1.29 is 9.18 Å². The van der Waals surface area contributed by atoms with Crippen molar-refractivity contribution in [1.29, 1.82) is 0 Å². The minimum Gasteiger partial charge on any atom is -0.348 e. The smallest absolute Gasteiger partial charge is 0.252 e. The van der Waals surface area contributed by atoms with Crippen molar-refractivity contribution >= 4 is 5.91 Å². The molecule has 0 fully saturated rings. The predicted molar refractivity (Wildman–Crippen MR) is 111 cm³/mol. The number of amides is 1. The van der Waals surface area contributed by atoms with Crippen molar-refractivity contribution in [3.05, 3.63) is 114 Å². The molecule has 4 aromatic rings. The molecule has 3 aromatic carbocycles. The van der Waals surface area contributed by atoms with Crippen molar-refractivity contribution in [3.8, 4) is 11.1 Å². The van der Waals surface area contributed by atoms with Crippen LogP contribution >= 0.6 is 0 Å². The lowest BCUT2D eigenvalue weighted by atomic mass is 9.98. The van der Waals surface area contributed by atoms with Gasteiger partial charge >= 0.3 is 0 Å². The van der Waals surface area contributed by atoms with Gasteiger partial charge in [-0.25, -0.2) is 4.39 Å². The van der Waals surface area contributed by atoms with E-state index in [1.54, 1.807) is 30.5 Å². The standard InChI is InChI=1S/C24H20FN3O/c25-23-9-4-1-6-20(23)16-26-24(29)22-8-3-2-7-21(22)19-12-10-18(11-13-19)17-28-15-5-14-27-28/h1-15H,16-17H2,(H,26,29). The number of benzene rings is 3. The second-order valence-corrected chi connectivity index (χ2v) is 6.72. The van der Waals surface area contributed by atoms with Gasteiger partial charge in [-0.1, -0.05) is 60.7 Å². The first-order chi connectivity index (χ1) is 14.2. The number of hydrogen-bond acceptors (Lipinski definition) is 2.